The van der Waals surface area contributed by atoms with Gasteiger partial charge in [0.2, 0.25) is 0 Å². The van der Waals surface area contributed by atoms with Gasteiger partial charge in [0.1, 0.15) is 11.8 Å². The van der Waals surface area contributed by atoms with Crippen LogP contribution in [0.5, 0.6) is 5.75 Å². The third-order valence-corrected chi connectivity index (χ3v) is 3.38. The van der Waals surface area contributed by atoms with Crippen LogP contribution in [-0.2, 0) is 16.0 Å². The number of nitrogens with two attached hydrogens (primary N) is 1. The van der Waals surface area contributed by atoms with E-state index in [-0.39, 0.29) is 12.2 Å². The number of carbonyl (C=O) groups excluding carboxylic acids is 1. The summed E-state index contributed by atoms with van der Waals surface area (Å²) in [5, 5.41) is 9.95. The number of hydrogen-bond acceptors (Lipinski definition) is 4. The first kappa shape index (κ1) is 15.0. The summed E-state index contributed by atoms with van der Waals surface area (Å²) in [5.74, 6) is -0.0331. The quantitative estimate of drug-likeness (QED) is 0.836. The highest BCUT2D eigenvalue weighted by molar-refractivity contribution is 9.10. The van der Waals surface area contributed by atoms with Crippen LogP contribution in [0.4, 0.5) is 0 Å². The number of methoxy groups -OCH3 is 1. The average Bonchev–Trinajstić information content (AvgIpc) is 2.33. The number of esters is 1. The number of phenols is 1. The summed E-state index contributed by atoms with van der Waals surface area (Å²) >= 11 is 3.30. The van der Waals surface area contributed by atoms with E-state index in [0.29, 0.717) is 16.0 Å². The molecule has 0 spiro atoms. The second-order valence-corrected chi connectivity index (χ2v) is 5.35. The lowest BCUT2D eigenvalue weighted by Gasteiger charge is -2.14. The number of carbonyl (C=O) groups is 1. The zero-order valence-corrected chi connectivity index (χ0v) is 12.3. The van der Waals surface area contributed by atoms with E-state index in [2.05, 4.69) is 34.5 Å². The van der Waals surface area contributed by atoms with Crippen molar-refractivity contribution < 1.29 is 14.6 Å². The highest BCUT2D eigenvalue weighted by Crippen LogP contribution is 2.32. The molecule has 100 valence electrons. The Kier molecular flexibility index (Phi) is 5.16. The fourth-order valence-electron chi connectivity index (χ4n) is 1.64. The molecule has 1 aromatic carbocycles. The van der Waals surface area contributed by atoms with E-state index in [1.54, 1.807) is 0 Å². The van der Waals surface area contributed by atoms with E-state index in [4.69, 9.17) is 5.73 Å². The molecule has 0 aliphatic heterocycles. The number of aromatic hydroxyl groups is 1. The minimum Gasteiger partial charge on any atom is -0.506 e. The van der Waals surface area contributed by atoms with Gasteiger partial charge < -0.3 is 15.6 Å². The van der Waals surface area contributed by atoms with Gasteiger partial charge in [-0.15, -0.1) is 0 Å². The summed E-state index contributed by atoms with van der Waals surface area (Å²) < 4.78 is 5.19. The lowest BCUT2D eigenvalue weighted by atomic mass is 9.97. The number of hydrogen-bond donors (Lipinski definition) is 2. The van der Waals surface area contributed by atoms with E-state index in [9.17, 15) is 9.90 Å². The predicted molar refractivity (Wildman–Crippen MR) is 73.6 cm³/mol. The molecule has 1 unspecified atom stereocenters. The van der Waals surface area contributed by atoms with Crippen molar-refractivity contribution in [2.75, 3.05) is 7.11 Å². The van der Waals surface area contributed by atoms with E-state index in [0.717, 1.165) is 5.56 Å². The van der Waals surface area contributed by atoms with E-state index < -0.39 is 12.0 Å². The second-order valence-electron chi connectivity index (χ2n) is 4.50. The second kappa shape index (κ2) is 6.20. The molecule has 0 amide bonds. The van der Waals surface area contributed by atoms with Gasteiger partial charge in [0.15, 0.2) is 0 Å². The van der Waals surface area contributed by atoms with Gasteiger partial charge in [-0.25, -0.2) is 0 Å². The summed E-state index contributed by atoms with van der Waals surface area (Å²) in [6.45, 7) is 4.12. The molecule has 4 nitrogen and oxygen atoms in total. The molecular formula is C13H18BrNO3. The van der Waals surface area contributed by atoms with Gasteiger partial charge in [0.05, 0.1) is 11.6 Å². The van der Waals surface area contributed by atoms with Gasteiger partial charge in [0, 0.05) is 6.42 Å². The van der Waals surface area contributed by atoms with E-state index in [1.807, 2.05) is 12.1 Å². The van der Waals surface area contributed by atoms with Crippen LogP contribution in [0.15, 0.2) is 16.6 Å². The number of ether oxygens (including phenoxy) is 1. The van der Waals surface area contributed by atoms with Gasteiger partial charge in [-0.1, -0.05) is 19.9 Å². The highest BCUT2D eigenvalue weighted by Gasteiger charge is 2.18. The Balaban J connectivity index is 3.04. The Morgan fingerprint density at radius 3 is 2.61 bits per heavy atom. The molecule has 0 aliphatic carbocycles. The first-order valence-corrected chi connectivity index (χ1v) is 6.50. The van der Waals surface area contributed by atoms with Crippen LogP contribution in [0.25, 0.3) is 0 Å². The molecule has 1 atom stereocenters. The third-order valence-electron chi connectivity index (χ3n) is 2.78. The number of halogens is 1. The molecular weight excluding hydrogens is 298 g/mol. The molecule has 0 bridgehead atoms. The molecule has 0 aromatic heterocycles. The maximum atomic E-state index is 11.3. The van der Waals surface area contributed by atoms with Gasteiger partial charge in [-0.05, 0) is 39.0 Å². The Labute approximate surface area is 115 Å². The van der Waals surface area contributed by atoms with Crippen molar-refractivity contribution in [3.05, 3.63) is 27.7 Å². The fourth-order valence-corrected chi connectivity index (χ4v) is 2.16. The van der Waals surface area contributed by atoms with Crippen molar-refractivity contribution in [2.24, 2.45) is 5.73 Å². The fraction of sp³-hybridized carbons (Fsp3) is 0.462. The minimum absolute atomic E-state index is 0.124. The minimum atomic E-state index is -0.768. The molecule has 3 N–H and O–H groups in total. The Morgan fingerprint density at radius 2 is 2.11 bits per heavy atom. The smallest absolute Gasteiger partial charge is 0.322 e. The predicted octanol–water partition coefficient (Wildman–Crippen LogP) is 2.32. The zero-order valence-electron chi connectivity index (χ0n) is 10.7. The molecule has 0 aliphatic rings. The summed E-state index contributed by atoms with van der Waals surface area (Å²) in [6.07, 6.45) is 0.248. The summed E-state index contributed by atoms with van der Waals surface area (Å²) in [6, 6.07) is 2.97. The van der Waals surface area contributed by atoms with Crippen molar-refractivity contribution in [2.45, 2.75) is 32.2 Å². The highest BCUT2D eigenvalue weighted by atomic mass is 79.9. The normalized spacial score (nSPS) is 12.6. The monoisotopic (exact) mass is 315 g/mol. The van der Waals surface area contributed by atoms with Gasteiger partial charge >= 0.3 is 5.97 Å². The molecule has 1 rings (SSSR count). The van der Waals surface area contributed by atoms with Crippen molar-refractivity contribution in [1.29, 1.82) is 0 Å². The maximum absolute atomic E-state index is 11.3. The van der Waals surface area contributed by atoms with Crippen molar-refractivity contribution in [3.63, 3.8) is 0 Å². The van der Waals surface area contributed by atoms with E-state index >= 15 is 0 Å². The van der Waals surface area contributed by atoms with Crippen LogP contribution < -0.4 is 5.73 Å². The van der Waals surface area contributed by atoms with Crippen LogP contribution in [-0.4, -0.2) is 24.2 Å². The van der Waals surface area contributed by atoms with Gasteiger partial charge in [-0.2, -0.15) is 0 Å². The topological polar surface area (TPSA) is 72.5 Å². The number of phenolic OH excluding ortho intramolecular Hbond substituents is 1. The summed E-state index contributed by atoms with van der Waals surface area (Å²) in [7, 11) is 1.29. The molecule has 5 heteroatoms. The molecule has 18 heavy (non-hydrogen) atoms. The average molecular weight is 316 g/mol. The Bertz CT molecular complexity index is 446. The SMILES string of the molecule is COC(=O)C(N)Cc1cc(C(C)C)cc(Br)c1O. The molecule has 0 fully saturated rings. The van der Waals surface area contributed by atoms with Gasteiger partial charge in [-0.3, -0.25) is 4.79 Å². The first-order chi connectivity index (χ1) is 8.36. The van der Waals surface area contributed by atoms with Crippen LogP contribution in [0, 0.1) is 0 Å². The summed E-state index contributed by atoms with van der Waals surface area (Å²) in [4.78, 5) is 11.3. The first-order valence-electron chi connectivity index (χ1n) is 5.71. The Hall–Kier alpha value is -1.07. The van der Waals surface area contributed by atoms with Crippen LogP contribution >= 0.6 is 15.9 Å². The van der Waals surface area contributed by atoms with Gasteiger partial charge in [0.25, 0.3) is 0 Å². The van der Waals surface area contributed by atoms with Crippen molar-refractivity contribution in [1.82, 2.24) is 0 Å². The third kappa shape index (κ3) is 3.46. The molecule has 1 aromatic rings. The van der Waals surface area contributed by atoms with Crippen molar-refractivity contribution in [3.8, 4) is 5.75 Å². The standard InChI is InChI=1S/C13H18BrNO3/c1-7(2)8-4-9(12(16)10(14)5-8)6-11(15)13(17)18-3/h4-5,7,11,16H,6,15H2,1-3H3. The lowest BCUT2D eigenvalue weighted by Crippen LogP contribution is -2.33. The molecule has 0 saturated carbocycles. The number of rotatable bonds is 4. The van der Waals surface area contributed by atoms with Crippen LogP contribution in [0.1, 0.15) is 30.9 Å². The van der Waals surface area contributed by atoms with Crippen molar-refractivity contribution >= 4 is 21.9 Å². The zero-order chi connectivity index (χ0) is 13.9. The van der Waals surface area contributed by atoms with E-state index in [1.165, 1.54) is 7.11 Å². The number of benzene rings is 1. The molecule has 0 radical (unpaired) electrons. The Morgan fingerprint density at radius 1 is 1.50 bits per heavy atom. The largest absolute Gasteiger partial charge is 0.506 e. The lowest BCUT2D eigenvalue weighted by molar-refractivity contribution is -0.142. The summed E-state index contributed by atoms with van der Waals surface area (Å²) in [5.41, 5.74) is 7.42. The maximum Gasteiger partial charge on any atom is 0.322 e. The van der Waals surface area contributed by atoms with Crippen LogP contribution in [0.3, 0.4) is 0 Å². The molecule has 0 heterocycles. The van der Waals surface area contributed by atoms with Crippen LogP contribution in [0.2, 0.25) is 0 Å². The molecule has 0 saturated heterocycles.